The largest absolute Gasteiger partial charge is 0.478 e. The number of hydrogen-bond donors (Lipinski definition) is 1. The third-order valence-corrected chi connectivity index (χ3v) is 1.80. The Labute approximate surface area is 75.8 Å². The maximum Gasteiger partial charge on any atom is 0.335 e. The highest BCUT2D eigenvalue weighted by Crippen LogP contribution is 2.09. The summed E-state index contributed by atoms with van der Waals surface area (Å²) in [6.45, 7) is 0. The first-order valence-electron chi connectivity index (χ1n) is 3.63. The molecule has 1 N–H and O–H groups in total. The highest BCUT2D eigenvalue weighted by Gasteiger charge is 2.07. The molecule has 0 spiro atoms. The highest BCUT2D eigenvalue weighted by atomic mass is 35.5. The first-order chi connectivity index (χ1) is 5.75. The van der Waals surface area contributed by atoms with Gasteiger partial charge in [-0.15, -0.1) is 11.6 Å². The van der Waals surface area contributed by atoms with E-state index in [1.54, 1.807) is 18.2 Å². The lowest BCUT2D eigenvalue weighted by atomic mass is 10.1. The fourth-order valence-corrected chi connectivity index (χ4v) is 1.25. The minimum absolute atomic E-state index is 0.346. The molecule has 3 heteroatoms. The third kappa shape index (κ3) is 1.98. The Hall–Kier alpha value is -1.02. The number of carboxylic acids is 1. The lowest BCUT2D eigenvalue weighted by Crippen LogP contribution is -2.02. The van der Waals surface area contributed by atoms with Gasteiger partial charge in [0.15, 0.2) is 0 Å². The molecule has 0 aliphatic carbocycles. The van der Waals surface area contributed by atoms with Gasteiger partial charge in [0.25, 0.3) is 0 Å². The maximum absolute atomic E-state index is 10.7. The smallest absolute Gasteiger partial charge is 0.335 e. The van der Waals surface area contributed by atoms with Crippen LogP contribution in [-0.2, 0) is 6.42 Å². The van der Waals surface area contributed by atoms with Gasteiger partial charge in [0.1, 0.15) is 0 Å². The van der Waals surface area contributed by atoms with E-state index in [0.29, 0.717) is 17.9 Å². The second-order valence-corrected chi connectivity index (χ2v) is 2.78. The van der Waals surface area contributed by atoms with E-state index in [-0.39, 0.29) is 0 Å². The Balaban J connectivity index is 3.00. The van der Waals surface area contributed by atoms with Crippen molar-refractivity contribution in [3.05, 3.63) is 35.4 Å². The Morgan fingerprint density at radius 1 is 1.42 bits per heavy atom. The van der Waals surface area contributed by atoms with Crippen LogP contribution in [0.3, 0.4) is 0 Å². The van der Waals surface area contributed by atoms with E-state index in [1.807, 2.05) is 6.07 Å². The van der Waals surface area contributed by atoms with Crippen LogP contribution in [0.5, 0.6) is 0 Å². The van der Waals surface area contributed by atoms with Crippen LogP contribution >= 0.6 is 11.6 Å². The normalized spacial score (nSPS) is 9.75. The van der Waals surface area contributed by atoms with Gasteiger partial charge in [-0.2, -0.15) is 0 Å². The van der Waals surface area contributed by atoms with Crippen LogP contribution in [0.2, 0.25) is 0 Å². The van der Waals surface area contributed by atoms with Gasteiger partial charge < -0.3 is 5.11 Å². The molecule has 0 unspecified atom stereocenters. The fourth-order valence-electron chi connectivity index (χ4n) is 1.05. The van der Waals surface area contributed by atoms with Crippen LogP contribution in [0.1, 0.15) is 15.9 Å². The molecule has 0 atom stereocenters. The summed E-state index contributed by atoms with van der Waals surface area (Å²) in [5.41, 5.74) is 1.14. The molecule has 0 aromatic heterocycles. The van der Waals surface area contributed by atoms with Crippen LogP contribution in [0.4, 0.5) is 0 Å². The lowest BCUT2D eigenvalue weighted by Gasteiger charge is -2.01. The molecule has 1 aromatic carbocycles. The molecule has 0 radical (unpaired) electrons. The summed E-state index contributed by atoms with van der Waals surface area (Å²) in [5.74, 6) is -0.444. The molecule has 64 valence electrons. The number of rotatable bonds is 3. The quantitative estimate of drug-likeness (QED) is 0.731. The summed E-state index contributed by atoms with van der Waals surface area (Å²) in [6, 6.07) is 6.89. The van der Waals surface area contributed by atoms with Crippen LogP contribution in [0, 0.1) is 0 Å². The summed E-state index contributed by atoms with van der Waals surface area (Å²) in [6.07, 6.45) is 0.601. The van der Waals surface area contributed by atoms with Gasteiger partial charge in [-0.3, -0.25) is 0 Å². The van der Waals surface area contributed by atoms with Gasteiger partial charge in [0.2, 0.25) is 0 Å². The van der Waals surface area contributed by atoms with E-state index >= 15 is 0 Å². The van der Waals surface area contributed by atoms with Crippen molar-refractivity contribution in [3.63, 3.8) is 0 Å². The summed E-state index contributed by atoms with van der Waals surface area (Å²) in [5, 5.41) is 8.75. The topological polar surface area (TPSA) is 37.3 Å². The van der Waals surface area contributed by atoms with Crippen LogP contribution in [0.25, 0.3) is 0 Å². The third-order valence-electron chi connectivity index (χ3n) is 1.61. The van der Waals surface area contributed by atoms with E-state index in [2.05, 4.69) is 0 Å². The molecule has 0 aliphatic rings. The van der Waals surface area contributed by atoms with Crippen molar-refractivity contribution in [2.75, 3.05) is 5.88 Å². The molecule has 1 aromatic rings. The zero-order chi connectivity index (χ0) is 8.97. The Morgan fingerprint density at radius 3 is 2.67 bits per heavy atom. The van der Waals surface area contributed by atoms with Crippen LogP contribution in [0.15, 0.2) is 24.3 Å². The molecular formula is C9H9ClO2. The molecule has 0 amide bonds. The summed E-state index contributed by atoms with van der Waals surface area (Å²) < 4.78 is 0. The SMILES string of the molecule is O=C(O)c1ccccc1CCCl. The maximum atomic E-state index is 10.7. The second-order valence-electron chi connectivity index (χ2n) is 2.40. The van der Waals surface area contributed by atoms with Crippen molar-refractivity contribution in [1.82, 2.24) is 0 Å². The molecule has 12 heavy (non-hydrogen) atoms. The van der Waals surface area contributed by atoms with Gasteiger partial charge in [-0.25, -0.2) is 4.79 Å². The van der Waals surface area contributed by atoms with Crippen molar-refractivity contribution in [2.45, 2.75) is 6.42 Å². The number of aryl methyl sites for hydroxylation is 1. The molecule has 0 fully saturated rings. The summed E-state index contributed by atoms with van der Waals surface area (Å²) in [7, 11) is 0. The minimum atomic E-state index is -0.893. The van der Waals surface area contributed by atoms with E-state index in [4.69, 9.17) is 16.7 Å². The van der Waals surface area contributed by atoms with E-state index in [9.17, 15) is 4.79 Å². The molecule has 0 saturated carbocycles. The average Bonchev–Trinajstić information content (AvgIpc) is 2.05. The minimum Gasteiger partial charge on any atom is -0.478 e. The van der Waals surface area contributed by atoms with E-state index < -0.39 is 5.97 Å². The van der Waals surface area contributed by atoms with Crippen molar-refractivity contribution in [3.8, 4) is 0 Å². The van der Waals surface area contributed by atoms with Crippen LogP contribution < -0.4 is 0 Å². The molecule has 0 heterocycles. The number of aromatic carboxylic acids is 1. The van der Waals surface area contributed by atoms with Crippen molar-refractivity contribution in [2.24, 2.45) is 0 Å². The molecule has 0 aliphatic heterocycles. The Kier molecular flexibility index (Phi) is 3.11. The van der Waals surface area contributed by atoms with Gasteiger partial charge in [0, 0.05) is 5.88 Å². The van der Waals surface area contributed by atoms with Gasteiger partial charge in [0.05, 0.1) is 5.56 Å². The van der Waals surface area contributed by atoms with Gasteiger partial charge >= 0.3 is 5.97 Å². The number of carboxylic acid groups (broad SMARTS) is 1. The Bertz CT molecular complexity index is 284. The standard InChI is InChI=1S/C9H9ClO2/c10-6-5-7-3-1-2-4-8(7)9(11)12/h1-4H,5-6H2,(H,11,12). The first-order valence-corrected chi connectivity index (χ1v) is 4.16. The van der Waals surface area contributed by atoms with Gasteiger partial charge in [-0.05, 0) is 18.1 Å². The van der Waals surface area contributed by atoms with Crippen molar-refractivity contribution >= 4 is 17.6 Å². The Morgan fingerprint density at radius 2 is 2.08 bits per heavy atom. The monoisotopic (exact) mass is 184 g/mol. The zero-order valence-electron chi connectivity index (χ0n) is 6.46. The predicted molar refractivity (Wildman–Crippen MR) is 47.8 cm³/mol. The highest BCUT2D eigenvalue weighted by molar-refractivity contribution is 6.18. The lowest BCUT2D eigenvalue weighted by molar-refractivity contribution is 0.0696. The number of carbonyl (C=O) groups is 1. The van der Waals surface area contributed by atoms with E-state index in [1.165, 1.54) is 0 Å². The van der Waals surface area contributed by atoms with Crippen molar-refractivity contribution < 1.29 is 9.90 Å². The van der Waals surface area contributed by atoms with Crippen LogP contribution in [-0.4, -0.2) is 17.0 Å². The molecule has 1 rings (SSSR count). The predicted octanol–water partition coefficient (Wildman–Crippen LogP) is 2.17. The number of hydrogen-bond acceptors (Lipinski definition) is 1. The van der Waals surface area contributed by atoms with Crippen molar-refractivity contribution in [1.29, 1.82) is 0 Å². The summed E-state index contributed by atoms with van der Waals surface area (Å²) >= 11 is 5.52. The number of benzene rings is 1. The fraction of sp³-hybridized carbons (Fsp3) is 0.222. The van der Waals surface area contributed by atoms with Gasteiger partial charge in [-0.1, -0.05) is 18.2 Å². The first kappa shape index (κ1) is 9.07. The summed E-state index contributed by atoms with van der Waals surface area (Å²) in [4.78, 5) is 10.7. The number of halogens is 1. The second kappa shape index (κ2) is 4.12. The van der Waals surface area contributed by atoms with E-state index in [0.717, 1.165) is 5.56 Å². The zero-order valence-corrected chi connectivity index (χ0v) is 7.21. The number of alkyl halides is 1. The average molecular weight is 185 g/mol. The molecule has 0 bridgehead atoms. The molecule has 0 saturated heterocycles. The molecule has 2 nitrogen and oxygen atoms in total. The molecular weight excluding hydrogens is 176 g/mol.